The van der Waals surface area contributed by atoms with Crippen LogP contribution in [0.15, 0.2) is 28.1 Å². The van der Waals surface area contributed by atoms with Gasteiger partial charge in [-0.15, -0.1) is 11.3 Å². The van der Waals surface area contributed by atoms with Crippen molar-refractivity contribution < 1.29 is 9.21 Å². The summed E-state index contributed by atoms with van der Waals surface area (Å²) in [5.41, 5.74) is 0. The molecule has 6 heteroatoms. The molecule has 1 N–H and O–H groups in total. The highest BCUT2D eigenvalue weighted by Gasteiger charge is 2.29. The smallest absolute Gasteiger partial charge is 0.318 e. The minimum Gasteiger partial charge on any atom is -0.466 e. The average molecular weight is 319 g/mol. The summed E-state index contributed by atoms with van der Waals surface area (Å²) in [5, 5.41) is 6.02. The van der Waals surface area contributed by atoms with Crippen molar-refractivity contribution in [2.45, 2.75) is 38.6 Å². The molecule has 1 aliphatic rings. The third-order valence-electron chi connectivity index (χ3n) is 3.94. The third-order valence-corrected chi connectivity index (χ3v) is 4.82. The van der Waals surface area contributed by atoms with Crippen molar-refractivity contribution in [1.29, 1.82) is 0 Å². The van der Waals surface area contributed by atoms with Crippen LogP contribution >= 0.6 is 11.3 Å². The van der Waals surface area contributed by atoms with Crippen LogP contribution in [0, 0.1) is 6.92 Å². The summed E-state index contributed by atoms with van der Waals surface area (Å²) in [6, 6.07) is 4.03. The number of rotatable bonds is 4. The van der Waals surface area contributed by atoms with Gasteiger partial charge in [-0.25, -0.2) is 9.78 Å². The van der Waals surface area contributed by atoms with Crippen molar-refractivity contribution in [2.75, 3.05) is 13.1 Å². The first-order valence-electron chi connectivity index (χ1n) is 7.73. The standard InChI is InChI=1S/C16H21N3O2S/c1-12-5-6-13(21-12)7-8-18-16(20)19-10-3-2-4-14(19)15-17-9-11-22-15/h5-6,9,11,14H,2-4,7-8,10H2,1H3,(H,18,20)/t14-/m0/s1. The molecule has 0 spiro atoms. The molecule has 1 atom stereocenters. The number of hydrogen-bond donors (Lipinski definition) is 1. The quantitative estimate of drug-likeness (QED) is 0.938. The number of amides is 2. The number of hydrogen-bond acceptors (Lipinski definition) is 4. The van der Waals surface area contributed by atoms with Gasteiger partial charge in [-0.2, -0.15) is 0 Å². The number of urea groups is 1. The van der Waals surface area contributed by atoms with Gasteiger partial charge in [0.25, 0.3) is 0 Å². The minimum absolute atomic E-state index is 0.00294. The number of carbonyl (C=O) groups excluding carboxylic acids is 1. The Bertz CT molecular complexity index is 609. The molecule has 1 saturated heterocycles. The summed E-state index contributed by atoms with van der Waals surface area (Å²) in [4.78, 5) is 18.8. The Morgan fingerprint density at radius 1 is 1.50 bits per heavy atom. The van der Waals surface area contributed by atoms with Crippen molar-refractivity contribution in [3.8, 4) is 0 Å². The molecule has 5 nitrogen and oxygen atoms in total. The van der Waals surface area contributed by atoms with Crippen LogP contribution in [0.25, 0.3) is 0 Å². The van der Waals surface area contributed by atoms with Crippen LogP contribution in [0.3, 0.4) is 0 Å². The molecule has 0 saturated carbocycles. The van der Waals surface area contributed by atoms with Gasteiger partial charge in [-0.05, 0) is 38.3 Å². The van der Waals surface area contributed by atoms with E-state index in [0.29, 0.717) is 6.54 Å². The molecule has 0 bridgehead atoms. The molecule has 3 rings (SSSR count). The Balaban J connectivity index is 1.55. The second-order valence-electron chi connectivity index (χ2n) is 5.57. The van der Waals surface area contributed by atoms with E-state index in [9.17, 15) is 4.79 Å². The van der Waals surface area contributed by atoms with Gasteiger partial charge in [0.15, 0.2) is 0 Å². The van der Waals surface area contributed by atoms with E-state index in [1.165, 1.54) is 0 Å². The van der Waals surface area contributed by atoms with Crippen molar-refractivity contribution in [3.05, 3.63) is 40.2 Å². The van der Waals surface area contributed by atoms with Gasteiger partial charge in [0.05, 0.1) is 6.04 Å². The fourth-order valence-electron chi connectivity index (χ4n) is 2.84. The number of piperidine rings is 1. The zero-order valence-electron chi connectivity index (χ0n) is 12.7. The number of furan rings is 1. The molecule has 3 heterocycles. The predicted octanol–water partition coefficient (Wildman–Crippen LogP) is 3.52. The largest absolute Gasteiger partial charge is 0.466 e. The molecule has 2 aromatic heterocycles. The molecular formula is C16H21N3O2S. The maximum Gasteiger partial charge on any atom is 0.318 e. The van der Waals surface area contributed by atoms with E-state index in [4.69, 9.17) is 4.42 Å². The summed E-state index contributed by atoms with van der Waals surface area (Å²) in [5.74, 6) is 1.81. The summed E-state index contributed by atoms with van der Waals surface area (Å²) >= 11 is 1.63. The van der Waals surface area contributed by atoms with Crippen LogP contribution in [-0.4, -0.2) is 29.0 Å². The van der Waals surface area contributed by atoms with Crippen LogP contribution in [0.5, 0.6) is 0 Å². The Hall–Kier alpha value is -1.82. The highest BCUT2D eigenvalue weighted by atomic mass is 32.1. The molecule has 2 amide bonds. The van der Waals surface area contributed by atoms with Gasteiger partial charge in [-0.3, -0.25) is 0 Å². The van der Waals surface area contributed by atoms with Crippen molar-refractivity contribution in [3.63, 3.8) is 0 Å². The lowest BCUT2D eigenvalue weighted by molar-refractivity contribution is 0.151. The second kappa shape index (κ2) is 6.96. The number of nitrogens with zero attached hydrogens (tertiary/aromatic N) is 2. The van der Waals surface area contributed by atoms with Crippen LogP contribution < -0.4 is 5.32 Å². The van der Waals surface area contributed by atoms with Gasteiger partial charge >= 0.3 is 6.03 Å². The number of likely N-dealkylation sites (tertiary alicyclic amines) is 1. The Labute approximate surface area is 134 Å². The zero-order valence-corrected chi connectivity index (χ0v) is 13.6. The fraction of sp³-hybridized carbons (Fsp3) is 0.500. The van der Waals surface area contributed by atoms with Crippen molar-refractivity contribution >= 4 is 17.4 Å². The first-order valence-corrected chi connectivity index (χ1v) is 8.61. The highest BCUT2D eigenvalue weighted by Crippen LogP contribution is 2.31. The van der Waals surface area contributed by atoms with E-state index in [1.807, 2.05) is 35.5 Å². The molecule has 1 fully saturated rings. The number of carbonyl (C=O) groups is 1. The monoisotopic (exact) mass is 319 g/mol. The molecule has 118 valence electrons. The molecule has 22 heavy (non-hydrogen) atoms. The first-order chi connectivity index (χ1) is 10.7. The van der Waals surface area contributed by atoms with Gasteiger partial charge in [-0.1, -0.05) is 0 Å². The molecule has 0 radical (unpaired) electrons. The summed E-state index contributed by atoms with van der Waals surface area (Å²) in [6.07, 6.45) is 5.74. The molecule has 0 aliphatic carbocycles. The Kier molecular flexibility index (Phi) is 4.77. The fourth-order valence-corrected chi connectivity index (χ4v) is 3.63. The molecule has 2 aromatic rings. The second-order valence-corrected chi connectivity index (χ2v) is 6.50. The van der Waals surface area contributed by atoms with E-state index >= 15 is 0 Å². The summed E-state index contributed by atoms with van der Waals surface area (Å²) in [6.45, 7) is 3.32. The van der Waals surface area contributed by atoms with Crippen molar-refractivity contribution in [2.24, 2.45) is 0 Å². The minimum atomic E-state index is 0.00294. The topological polar surface area (TPSA) is 58.4 Å². The van der Waals surface area contributed by atoms with Gasteiger partial charge in [0.1, 0.15) is 16.5 Å². The zero-order chi connectivity index (χ0) is 15.4. The van der Waals surface area contributed by atoms with Crippen LogP contribution in [0.2, 0.25) is 0 Å². The maximum atomic E-state index is 12.5. The average Bonchev–Trinajstić information content (AvgIpc) is 3.19. The Morgan fingerprint density at radius 3 is 3.14 bits per heavy atom. The highest BCUT2D eigenvalue weighted by molar-refractivity contribution is 7.09. The SMILES string of the molecule is Cc1ccc(CCNC(=O)N2CCCC[C@H]2c2nccs2)o1. The normalized spacial score (nSPS) is 18.4. The van der Waals surface area contributed by atoms with E-state index in [2.05, 4.69) is 10.3 Å². The summed E-state index contributed by atoms with van der Waals surface area (Å²) in [7, 11) is 0. The van der Waals surface area contributed by atoms with E-state index in [0.717, 1.165) is 48.8 Å². The number of thiazole rings is 1. The lowest BCUT2D eigenvalue weighted by atomic mass is 10.0. The third kappa shape index (κ3) is 3.50. The van der Waals surface area contributed by atoms with Crippen LogP contribution in [0.1, 0.15) is 41.8 Å². The number of nitrogens with one attached hydrogen (secondary N) is 1. The predicted molar refractivity (Wildman–Crippen MR) is 86.0 cm³/mol. The van der Waals surface area contributed by atoms with Crippen molar-refractivity contribution in [1.82, 2.24) is 15.2 Å². The van der Waals surface area contributed by atoms with Gasteiger partial charge < -0.3 is 14.6 Å². The number of aromatic nitrogens is 1. The molecule has 0 aromatic carbocycles. The van der Waals surface area contributed by atoms with E-state index < -0.39 is 0 Å². The van der Waals surface area contributed by atoms with E-state index in [-0.39, 0.29) is 12.1 Å². The molecular weight excluding hydrogens is 298 g/mol. The van der Waals surface area contributed by atoms with E-state index in [1.54, 1.807) is 11.3 Å². The maximum absolute atomic E-state index is 12.5. The van der Waals surface area contributed by atoms with Crippen LogP contribution in [0.4, 0.5) is 4.79 Å². The van der Waals surface area contributed by atoms with Gasteiger partial charge in [0.2, 0.25) is 0 Å². The lowest BCUT2D eigenvalue weighted by Crippen LogP contribution is -2.45. The first kappa shape index (κ1) is 15.1. The summed E-state index contributed by atoms with van der Waals surface area (Å²) < 4.78 is 5.52. The molecule has 0 unspecified atom stereocenters. The van der Waals surface area contributed by atoms with Crippen LogP contribution in [-0.2, 0) is 6.42 Å². The Morgan fingerprint density at radius 2 is 2.41 bits per heavy atom. The lowest BCUT2D eigenvalue weighted by Gasteiger charge is -2.34. The molecule has 1 aliphatic heterocycles. The van der Waals surface area contributed by atoms with Gasteiger partial charge in [0, 0.05) is 31.1 Å². The number of aryl methyl sites for hydroxylation is 1.